The fourth-order valence-corrected chi connectivity index (χ4v) is 2.83. The summed E-state index contributed by atoms with van der Waals surface area (Å²) >= 11 is 6.08. The van der Waals surface area contributed by atoms with Crippen molar-refractivity contribution in [3.63, 3.8) is 0 Å². The minimum atomic E-state index is -0.456. The molecule has 0 N–H and O–H groups in total. The number of aromatic nitrogens is 2. The highest BCUT2D eigenvalue weighted by molar-refractivity contribution is 6.32. The number of para-hydroxylation sites is 1. The number of amides is 1. The molecule has 0 unspecified atom stereocenters. The molecule has 3 rings (SSSR count). The second-order valence-electron chi connectivity index (χ2n) is 7.25. The van der Waals surface area contributed by atoms with Crippen LogP contribution in [0.4, 0.5) is 0 Å². The van der Waals surface area contributed by atoms with Crippen LogP contribution < -0.4 is 4.74 Å². The van der Waals surface area contributed by atoms with Gasteiger partial charge in [-0.2, -0.15) is 4.98 Å². The van der Waals surface area contributed by atoms with Crippen LogP contribution >= 0.6 is 11.6 Å². The van der Waals surface area contributed by atoms with Gasteiger partial charge in [-0.15, -0.1) is 0 Å². The fourth-order valence-electron chi connectivity index (χ4n) is 2.64. The van der Waals surface area contributed by atoms with Gasteiger partial charge >= 0.3 is 0 Å². The van der Waals surface area contributed by atoms with Gasteiger partial charge in [-0.25, -0.2) is 0 Å². The predicted molar refractivity (Wildman–Crippen MR) is 107 cm³/mol. The highest BCUT2D eigenvalue weighted by Gasteiger charge is 2.29. The maximum atomic E-state index is 12.8. The predicted octanol–water partition coefficient (Wildman–Crippen LogP) is 4.60. The van der Waals surface area contributed by atoms with E-state index in [4.69, 9.17) is 20.9 Å². The fraction of sp³-hybridized carbons (Fsp3) is 0.286. The molecular formula is C21H22ClN3O3. The third-order valence-corrected chi connectivity index (χ3v) is 4.40. The van der Waals surface area contributed by atoms with E-state index in [1.807, 2.05) is 51.1 Å². The number of ether oxygens (including phenoxy) is 1. The maximum Gasteiger partial charge on any atom is 0.261 e. The lowest BCUT2D eigenvalue weighted by atomic mass is 10.1. The molecule has 0 aliphatic carbocycles. The van der Waals surface area contributed by atoms with Crippen molar-refractivity contribution < 1.29 is 14.1 Å². The van der Waals surface area contributed by atoms with E-state index in [-0.39, 0.29) is 19.1 Å². The van der Waals surface area contributed by atoms with Crippen LogP contribution in [0.25, 0.3) is 11.4 Å². The first-order valence-corrected chi connectivity index (χ1v) is 9.28. The number of hydrogen-bond acceptors (Lipinski definition) is 5. The molecule has 1 aromatic heterocycles. The van der Waals surface area contributed by atoms with Crippen LogP contribution in [0.15, 0.2) is 59.1 Å². The molecular weight excluding hydrogens is 378 g/mol. The Morgan fingerprint density at radius 1 is 1.11 bits per heavy atom. The Morgan fingerprint density at radius 2 is 1.79 bits per heavy atom. The number of rotatable bonds is 6. The summed E-state index contributed by atoms with van der Waals surface area (Å²) in [6.45, 7) is 5.87. The van der Waals surface area contributed by atoms with Gasteiger partial charge in [-0.1, -0.05) is 59.2 Å². The second kappa shape index (κ2) is 8.44. The lowest BCUT2D eigenvalue weighted by Gasteiger charge is -2.34. The van der Waals surface area contributed by atoms with E-state index in [2.05, 4.69) is 10.1 Å². The Balaban J connectivity index is 1.71. The Hall–Kier alpha value is -2.86. The molecule has 6 nitrogen and oxygen atoms in total. The molecule has 0 radical (unpaired) electrons. The van der Waals surface area contributed by atoms with Gasteiger partial charge in [-0.05, 0) is 32.9 Å². The SMILES string of the molecule is CC(C)(C)N(Cc1nc(-c2ccccc2)no1)C(=O)COc1ccccc1Cl. The normalized spacial score (nSPS) is 11.3. The molecule has 0 spiro atoms. The average Bonchev–Trinajstić information content (AvgIpc) is 3.14. The molecule has 1 heterocycles. The Bertz CT molecular complexity index is 935. The van der Waals surface area contributed by atoms with Crippen LogP contribution in [0, 0.1) is 0 Å². The summed E-state index contributed by atoms with van der Waals surface area (Å²) in [5.74, 6) is 1.12. The Kier molecular flexibility index (Phi) is 5.99. The summed E-state index contributed by atoms with van der Waals surface area (Å²) in [7, 11) is 0. The van der Waals surface area contributed by atoms with E-state index < -0.39 is 5.54 Å². The highest BCUT2D eigenvalue weighted by Crippen LogP contribution is 2.24. The zero-order valence-corrected chi connectivity index (χ0v) is 16.8. The zero-order valence-electron chi connectivity index (χ0n) is 16.1. The number of benzene rings is 2. The van der Waals surface area contributed by atoms with Crippen molar-refractivity contribution in [1.29, 1.82) is 0 Å². The third-order valence-electron chi connectivity index (χ3n) is 4.09. The summed E-state index contributed by atoms with van der Waals surface area (Å²) < 4.78 is 11.0. The van der Waals surface area contributed by atoms with Crippen LogP contribution in [0.2, 0.25) is 5.02 Å². The highest BCUT2D eigenvalue weighted by atomic mass is 35.5. The smallest absolute Gasteiger partial charge is 0.261 e. The van der Waals surface area contributed by atoms with Crippen LogP contribution in [-0.4, -0.2) is 33.1 Å². The van der Waals surface area contributed by atoms with Gasteiger partial charge in [0, 0.05) is 11.1 Å². The monoisotopic (exact) mass is 399 g/mol. The van der Waals surface area contributed by atoms with Gasteiger partial charge < -0.3 is 14.2 Å². The van der Waals surface area contributed by atoms with Gasteiger partial charge in [0.25, 0.3) is 5.91 Å². The summed E-state index contributed by atoms with van der Waals surface area (Å²) in [5, 5.41) is 4.47. The summed E-state index contributed by atoms with van der Waals surface area (Å²) in [6, 6.07) is 16.6. The first-order valence-electron chi connectivity index (χ1n) is 8.90. The Labute approximate surface area is 169 Å². The molecule has 28 heavy (non-hydrogen) atoms. The van der Waals surface area contributed by atoms with Crippen LogP contribution in [0.1, 0.15) is 26.7 Å². The van der Waals surface area contributed by atoms with Gasteiger partial charge in [0.2, 0.25) is 11.7 Å². The molecule has 0 fully saturated rings. The quantitative estimate of drug-likeness (QED) is 0.606. The number of carbonyl (C=O) groups is 1. The van der Waals surface area contributed by atoms with Gasteiger partial charge in [0.1, 0.15) is 12.3 Å². The van der Waals surface area contributed by atoms with E-state index in [1.165, 1.54) is 0 Å². The van der Waals surface area contributed by atoms with E-state index in [0.29, 0.717) is 22.5 Å². The molecule has 1 amide bonds. The Morgan fingerprint density at radius 3 is 2.46 bits per heavy atom. The van der Waals surface area contributed by atoms with Crippen molar-refractivity contribution in [1.82, 2.24) is 15.0 Å². The van der Waals surface area contributed by atoms with Crippen LogP contribution in [0.5, 0.6) is 5.75 Å². The molecule has 0 bridgehead atoms. The topological polar surface area (TPSA) is 68.5 Å². The second-order valence-corrected chi connectivity index (χ2v) is 7.65. The summed E-state index contributed by atoms with van der Waals surface area (Å²) in [6.07, 6.45) is 0. The molecule has 0 aliphatic rings. The van der Waals surface area contributed by atoms with E-state index in [0.717, 1.165) is 5.56 Å². The lowest BCUT2D eigenvalue weighted by Crippen LogP contribution is -2.47. The number of halogens is 1. The summed E-state index contributed by atoms with van der Waals surface area (Å²) in [4.78, 5) is 18.9. The molecule has 0 saturated heterocycles. The molecule has 146 valence electrons. The van der Waals surface area contributed by atoms with Crippen molar-refractivity contribution >= 4 is 17.5 Å². The van der Waals surface area contributed by atoms with Gasteiger partial charge in [-0.3, -0.25) is 4.79 Å². The van der Waals surface area contributed by atoms with Gasteiger partial charge in [0.05, 0.1) is 5.02 Å². The minimum Gasteiger partial charge on any atom is -0.482 e. The van der Waals surface area contributed by atoms with Crippen molar-refractivity contribution in [2.24, 2.45) is 0 Å². The van der Waals surface area contributed by atoms with Gasteiger partial charge in [0.15, 0.2) is 6.61 Å². The van der Waals surface area contributed by atoms with Crippen molar-refractivity contribution in [3.05, 3.63) is 65.5 Å². The molecule has 7 heteroatoms. The maximum absolute atomic E-state index is 12.8. The minimum absolute atomic E-state index is 0.138. The average molecular weight is 400 g/mol. The molecule has 0 atom stereocenters. The van der Waals surface area contributed by atoms with E-state index in [9.17, 15) is 4.79 Å². The number of nitrogens with zero attached hydrogens (tertiary/aromatic N) is 3. The van der Waals surface area contributed by atoms with Crippen LogP contribution in [0.3, 0.4) is 0 Å². The first kappa shape index (κ1) is 19.9. The van der Waals surface area contributed by atoms with E-state index in [1.54, 1.807) is 29.2 Å². The molecule has 0 aliphatic heterocycles. The van der Waals surface area contributed by atoms with Crippen molar-refractivity contribution in [2.45, 2.75) is 32.9 Å². The van der Waals surface area contributed by atoms with Crippen molar-refractivity contribution in [2.75, 3.05) is 6.61 Å². The third kappa shape index (κ3) is 4.89. The zero-order chi connectivity index (χ0) is 20.1. The van der Waals surface area contributed by atoms with Crippen molar-refractivity contribution in [3.8, 4) is 17.1 Å². The standard InChI is InChI=1S/C21H22ClN3O3/c1-21(2,3)25(19(26)14-27-17-12-8-7-11-16(17)22)13-18-23-20(24-28-18)15-9-5-4-6-10-15/h4-12H,13-14H2,1-3H3. The number of carbonyl (C=O) groups excluding carboxylic acids is 1. The molecule has 2 aromatic carbocycles. The lowest BCUT2D eigenvalue weighted by molar-refractivity contribution is -0.139. The van der Waals surface area contributed by atoms with E-state index >= 15 is 0 Å². The largest absolute Gasteiger partial charge is 0.482 e. The molecule has 0 saturated carbocycles. The summed E-state index contributed by atoms with van der Waals surface area (Å²) in [5.41, 5.74) is 0.399. The van der Waals surface area contributed by atoms with Crippen LogP contribution in [-0.2, 0) is 11.3 Å². The number of hydrogen-bond donors (Lipinski definition) is 0. The first-order chi connectivity index (χ1) is 13.3. The molecule has 3 aromatic rings.